The van der Waals surface area contributed by atoms with Crippen LogP contribution in [-0.2, 0) is 9.78 Å². The Morgan fingerprint density at radius 1 is 0.778 bits per heavy atom. The molecule has 0 fully saturated rings. The van der Waals surface area contributed by atoms with Gasteiger partial charge in [0.05, 0.1) is 5.56 Å². The molecule has 0 saturated carbocycles. The fourth-order valence-electron chi connectivity index (χ4n) is 1.34. The summed E-state index contributed by atoms with van der Waals surface area (Å²) in [5, 5.41) is 7.59. The van der Waals surface area contributed by atoms with Gasteiger partial charge < -0.3 is 0 Å². The predicted octanol–water partition coefficient (Wildman–Crippen LogP) is 2.80. The highest BCUT2D eigenvalue weighted by molar-refractivity contribution is 5.93. The molecule has 1 N–H and O–H groups in total. The van der Waals surface area contributed by atoms with Crippen molar-refractivity contribution >= 4 is 11.9 Å². The Morgan fingerprint density at radius 2 is 1.28 bits per heavy atom. The molecule has 18 heavy (non-hydrogen) atoms. The molecule has 0 bridgehead atoms. The summed E-state index contributed by atoms with van der Waals surface area (Å²) in [7, 11) is 0. The normalized spacial score (nSPS) is 9.56. The summed E-state index contributed by atoms with van der Waals surface area (Å²) in [4.78, 5) is 20.8. The highest BCUT2D eigenvalue weighted by atomic mass is 17.2. The van der Waals surface area contributed by atoms with Gasteiger partial charge in [-0.05, 0) is 24.3 Å². The molecule has 2 aromatic rings. The number of benzene rings is 2. The summed E-state index contributed by atoms with van der Waals surface area (Å²) < 4.78 is 0. The van der Waals surface area contributed by atoms with Crippen LogP contribution in [0.15, 0.2) is 60.7 Å². The van der Waals surface area contributed by atoms with Crippen molar-refractivity contribution in [1.29, 1.82) is 5.41 Å². The maximum Gasteiger partial charge on any atom is 0.386 e. The first-order chi connectivity index (χ1) is 8.77. The summed E-state index contributed by atoms with van der Waals surface area (Å²) >= 11 is 0. The molecule has 2 rings (SSSR count). The van der Waals surface area contributed by atoms with Crippen LogP contribution in [0.3, 0.4) is 0 Å². The Bertz CT molecular complexity index is 486. The zero-order chi connectivity index (χ0) is 12.8. The maximum atomic E-state index is 11.5. The lowest BCUT2D eigenvalue weighted by Crippen LogP contribution is -2.11. The van der Waals surface area contributed by atoms with Crippen LogP contribution >= 0.6 is 0 Å². The average Bonchev–Trinajstić information content (AvgIpc) is 2.46. The zero-order valence-electron chi connectivity index (χ0n) is 9.50. The van der Waals surface area contributed by atoms with E-state index in [-0.39, 0.29) is 5.90 Å². The molecule has 0 aromatic heterocycles. The van der Waals surface area contributed by atoms with Crippen molar-refractivity contribution < 1.29 is 14.6 Å². The van der Waals surface area contributed by atoms with Gasteiger partial charge in [0.2, 0.25) is 0 Å². The fourth-order valence-corrected chi connectivity index (χ4v) is 1.34. The van der Waals surface area contributed by atoms with Gasteiger partial charge in [-0.3, -0.25) is 10.3 Å². The number of carbonyl (C=O) groups is 1. The summed E-state index contributed by atoms with van der Waals surface area (Å²) in [6.45, 7) is 0. The van der Waals surface area contributed by atoms with Crippen LogP contribution in [0, 0.1) is 5.41 Å². The van der Waals surface area contributed by atoms with Crippen molar-refractivity contribution in [3.63, 3.8) is 0 Å². The lowest BCUT2D eigenvalue weighted by atomic mass is 10.2. The Hall–Kier alpha value is -2.62. The molecule has 0 aliphatic heterocycles. The van der Waals surface area contributed by atoms with Crippen LogP contribution in [0.2, 0.25) is 0 Å². The first kappa shape index (κ1) is 11.9. The first-order valence-electron chi connectivity index (χ1n) is 5.35. The first-order valence-corrected chi connectivity index (χ1v) is 5.35. The Kier molecular flexibility index (Phi) is 3.71. The third-order valence-electron chi connectivity index (χ3n) is 2.25. The Labute approximate surface area is 104 Å². The van der Waals surface area contributed by atoms with Crippen LogP contribution in [0.5, 0.6) is 0 Å². The largest absolute Gasteiger partial charge is 0.386 e. The van der Waals surface area contributed by atoms with Crippen LogP contribution in [0.25, 0.3) is 0 Å². The average molecular weight is 241 g/mol. The molecule has 2 aromatic carbocycles. The standard InChI is InChI=1S/C14H11NO3/c15-13(11-7-3-1-4-8-11)17-18-14(16)12-9-5-2-6-10-12/h1-10,15H. The van der Waals surface area contributed by atoms with E-state index in [1.807, 2.05) is 6.07 Å². The van der Waals surface area contributed by atoms with Crippen LogP contribution in [0.4, 0.5) is 0 Å². The molecule has 0 aliphatic carbocycles. The van der Waals surface area contributed by atoms with Crippen LogP contribution < -0.4 is 0 Å². The zero-order valence-corrected chi connectivity index (χ0v) is 9.50. The van der Waals surface area contributed by atoms with E-state index in [9.17, 15) is 4.79 Å². The monoisotopic (exact) mass is 241 g/mol. The van der Waals surface area contributed by atoms with Crippen molar-refractivity contribution in [3.8, 4) is 0 Å². The van der Waals surface area contributed by atoms with E-state index in [1.165, 1.54) is 0 Å². The molecule has 0 amide bonds. The maximum absolute atomic E-state index is 11.5. The summed E-state index contributed by atoms with van der Waals surface area (Å²) in [5.41, 5.74) is 0.914. The van der Waals surface area contributed by atoms with Crippen LogP contribution in [0.1, 0.15) is 15.9 Å². The predicted molar refractivity (Wildman–Crippen MR) is 66.2 cm³/mol. The van der Waals surface area contributed by atoms with Crippen molar-refractivity contribution in [3.05, 3.63) is 71.8 Å². The molecule has 0 spiro atoms. The molecular formula is C14H11NO3. The van der Waals surface area contributed by atoms with Gasteiger partial charge in [-0.25, -0.2) is 9.68 Å². The molecule has 0 radical (unpaired) electrons. The molecule has 4 heteroatoms. The molecular weight excluding hydrogens is 230 g/mol. The minimum absolute atomic E-state index is 0.208. The molecule has 0 heterocycles. The lowest BCUT2D eigenvalue weighted by molar-refractivity contribution is -0.164. The molecule has 0 atom stereocenters. The number of carbonyl (C=O) groups excluding carboxylic acids is 1. The number of nitrogens with one attached hydrogen (secondary N) is 1. The Morgan fingerprint density at radius 3 is 1.83 bits per heavy atom. The summed E-state index contributed by atoms with van der Waals surface area (Å²) in [5.74, 6) is -0.837. The number of hydrogen-bond donors (Lipinski definition) is 1. The summed E-state index contributed by atoms with van der Waals surface area (Å²) in [6.07, 6.45) is 0. The SMILES string of the molecule is N=C(OOC(=O)c1ccccc1)c1ccccc1. The van der Waals surface area contributed by atoms with E-state index in [0.717, 1.165) is 0 Å². The third kappa shape index (κ3) is 2.95. The minimum atomic E-state index is -0.628. The molecule has 0 unspecified atom stereocenters. The molecule has 0 aliphatic rings. The van der Waals surface area contributed by atoms with Crippen LogP contribution in [-0.4, -0.2) is 11.9 Å². The van der Waals surface area contributed by atoms with Gasteiger partial charge in [-0.2, -0.15) is 0 Å². The van der Waals surface area contributed by atoms with Gasteiger partial charge in [0, 0.05) is 5.56 Å². The second kappa shape index (κ2) is 5.63. The fraction of sp³-hybridized carbons (Fsp3) is 0. The van der Waals surface area contributed by atoms with Gasteiger partial charge >= 0.3 is 5.97 Å². The summed E-state index contributed by atoms with van der Waals surface area (Å²) in [6, 6.07) is 17.2. The highest BCUT2D eigenvalue weighted by Gasteiger charge is 2.10. The van der Waals surface area contributed by atoms with Crippen molar-refractivity contribution in [2.75, 3.05) is 0 Å². The smallest absolute Gasteiger partial charge is 0.266 e. The topological polar surface area (TPSA) is 59.4 Å². The molecule has 0 saturated heterocycles. The van der Waals surface area contributed by atoms with Gasteiger partial charge in [0.25, 0.3) is 5.90 Å². The molecule has 4 nitrogen and oxygen atoms in total. The van der Waals surface area contributed by atoms with E-state index in [4.69, 9.17) is 5.41 Å². The molecule has 90 valence electrons. The van der Waals surface area contributed by atoms with Gasteiger partial charge in [-0.15, -0.1) is 0 Å². The van der Waals surface area contributed by atoms with Crippen molar-refractivity contribution in [2.24, 2.45) is 0 Å². The van der Waals surface area contributed by atoms with Gasteiger partial charge in [0.1, 0.15) is 0 Å². The second-order valence-electron chi connectivity index (χ2n) is 3.52. The van der Waals surface area contributed by atoms with E-state index < -0.39 is 5.97 Å². The Balaban J connectivity index is 1.93. The second-order valence-corrected chi connectivity index (χ2v) is 3.52. The number of rotatable bonds is 2. The van der Waals surface area contributed by atoms with E-state index in [1.54, 1.807) is 54.6 Å². The van der Waals surface area contributed by atoms with Crippen molar-refractivity contribution in [1.82, 2.24) is 0 Å². The third-order valence-corrected chi connectivity index (χ3v) is 2.25. The van der Waals surface area contributed by atoms with Crippen molar-refractivity contribution in [2.45, 2.75) is 0 Å². The van der Waals surface area contributed by atoms with Gasteiger partial charge in [-0.1, -0.05) is 36.4 Å². The quantitative estimate of drug-likeness (QED) is 0.380. The van der Waals surface area contributed by atoms with E-state index in [2.05, 4.69) is 9.78 Å². The van der Waals surface area contributed by atoms with E-state index in [0.29, 0.717) is 11.1 Å². The number of hydrogen-bond acceptors (Lipinski definition) is 4. The lowest BCUT2D eigenvalue weighted by Gasteiger charge is -2.05. The van der Waals surface area contributed by atoms with Gasteiger partial charge in [0.15, 0.2) is 0 Å². The highest BCUT2D eigenvalue weighted by Crippen LogP contribution is 2.05. The van der Waals surface area contributed by atoms with E-state index >= 15 is 0 Å². The minimum Gasteiger partial charge on any atom is -0.266 e.